The SMILES string of the molecule is O=C1C[C@H](N(Cc2cccc(C(F)(F)F)c2Cl)C(=O)O)CN1. The van der Waals surface area contributed by atoms with Crippen LogP contribution in [0.15, 0.2) is 18.2 Å². The normalized spacial score (nSPS) is 18.2. The molecule has 5 nitrogen and oxygen atoms in total. The average Bonchev–Trinajstić information content (AvgIpc) is 2.82. The number of halogens is 4. The van der Waals surface area contributed by atoms with Crippen molar-refractivity contribution in [2.75, 3.05) is 6.54 Å². The van der Waals surface area contributed by atoms with Crippen LogP contribution in [-0.2, 0) is 17.5 Å². The Kier molecular flexibility index (Phi) is 4.50. The Morgan fingerprint density at radius 1 is 1.45 bits per heavy atom. The zero-order valence-electron chi connectivity index (χ0n) is 11.2. The zero-order chi connectivity index (χ0) is 16.5. The fourth-order valence-corrected chi connectivity index (χ4v) is 2.56. The van der Waals surface area contributed by atoms with Crippen LogP contribution in [0.25, 0.3) is 0 Å². The van der Waals surface area contributed by atoms with Gasteiger partial charge in [0.25, 0.3) is 0 Å². The van der Waals surface area contributed by atoms with Crippen molar-refractivity contribution in [1.29, 1.82) is 0 Å². The first-order valence-corrected chi connectivity index (χ1v) is 6.68. The smallest absolute Gasteiger partial charge is 0.417 e. The molecule has 0 saturated carbocycles. The third-order valence-corrected chi connectivity index (χ3v) is 3.81. The molecule has 2 N–H and O–H groups in total. The van der Waals surface area contributed by atoms with E-state index in [4.69, 9.17) is 11.6 Å². The number of alkyl halides is 3. The molecule has 0 unspecified atom stereocenters. The maximum absolute atomic E-state index is 12.8. The number of rotatable bonds is 3. The Morgan fingerprint density at radius 3 is 2.64 bits per heavy atom. The van der Waals surface area contributed by atoms with Crippen molar-refractivity contribution in [1.82, 2.24) is 10.2 Å². The molecule has 2 rings (SSSR count). The minimum Gasteiger partial charge on any atom is -0.465 e. The number of carboxylic acid groups (broad SMARTS) is 1. The molecule has 120 valence electrons. The van der Waals surface area contributed by atoms with Gasteiger partial charge in [-0.3, -0.25) is 9.69 Å². The van der Waals surface area contributed by atoms with Crippen LogP contribution in [0.4, 0.5) is 18.0 Å². The summed E-state index contributed by atoms with van der Waals surface area (Å²) in [6.07, 6.45) is -5.97. The maximum Gasteiger partial charge on any atom is 0.417 e. The van der Waals surface area contributed by atoms with Crippen LogP contribution in [0, 0.1) is 0 Å². The highest BCUT2D eigenvalue weighted by molar-refractivity contribution is 6.32. The van der Waals surface area contributed by atoms with Gasteiger partial charge in [-0.05, 0) is 11.6 Å². The molecule has 1 aromatic rings. The maximum atomic E-state index is 12.8. The lowest BCUT2D eigenvalue weighted by molar-refractivity contribution is -0.137. The second-order valence-corrected chi connectivity index (χ2v) is 5.23. The predicted molar refractivity (Wildman–Crippen MR) is 71.4 cm³/mol. The first-order valence-electron chi connectivity index (χ1n) is 6.31. The summed E-state index contributed by atoms with van der Waals surface area (Å²) in [7, 11) is 0. The predicted octanol–water partition coefficient (Wildman–Crippen LogP) is 2.73. The molecule has 1 fully saturated rings. The highest BCUT2D eigenvalue weighted by Crippen LogP contribution is 2.36. The molecule has 0 aromatic heterocycles. The van der Waals surface area contributed by atoms with Gasteiger partial charge in [-0.1, -0.05) is 23.7 Å². The van der Waals surface area contributed by atoms with Gasteiger partial charge in [-0.2, -0.15) is 13.2 Å². The number of amides is 2. The summed E-state index contributed by atoms with van der Waals surface area (Å²) in [4.78, 5) is 23.4. The van der Waals surface area contributed by atoms with Crippen LogP contribution in [0.1, 0.15) is 17.5 Å². The van der Waals surface area contributed by atoms with Crippen LogP contribution >= 0.6 is 11.6 Å². The van der Waals surface area contributed by atoms with Crippen LogP contribution in [0.2, 0.25) is 5.02 Å². The molecule has 1 atom stereocenters. The monoisotopic (exact) mass is 336 g/mol. The highest BCUT2D eigenvalue weighted by Gasteiger charge is 2.35. The van der Waals surface area contributed by atoms with E-state index in [1.165, 1.54) is 12.1 Å². The summed E-state index contributed by atoms with van der Waals surface area (Å²) in [5.41, 5.74) is -0.976. The number of carbonyl (C=O) groups is 2. The van der Waals surface area contributed by atoms with E-state index in [2.05, 4.69) is 5.32 Å². The molecular formula is C13H12ClF3N2O3. The van der Waals surface area contributed by atoms with Crippen molar-refractivity contribution < 1.29 is 27.9 Å². The molecule has 22 heavy (non-hydrogen) atoms. The van der Waals surface area contributed by atoms with Crippen molar-refractivity contribution >= 4 is 23.6 Å². The Balaban J connectivity index is 2.28. The minimum absolute atomic E-state index is 0.0249. The molecule has 1 aromatic carbocycles. The number of nitrogens with one attached hydrogen (secondary N) is 1. The Bertz CT molecular complexity index is 607. The first-order chi connectivity index (χ1) is 10.2. The standard InChI is InChI=1S/C13H12ClF3N2O3/c14-11-7(2-1-3-9(11)13(15,16)17)6-19(12(21)22)8-4-10(20)18-5-8/h1-3,8H,4-6H2,(H,18,20)(H,21,22)/t8-/m0/s1. The van der Waals surface area contributed by atoms with Gasteiger partial charge in [0.1, 0.15) is 0 Å². The molecule has 0 spiro atoms. The van der Waals surface area contributed by atoms with Crippen molar-refractivity contribution in [3.8, 4) is 0 Å². The lowest BCUT2D eigenvalue weighted by atomic mass is 10.1. The van der Waals surface area contributed by atoms with Crippen LogP contribution in [-0.4, -0.2) is 34.6 Å². The Hall–Kier alpha value is -1.96. The summed E-state index contributed by atoms with van der Waals surface area (Å²) >= 11 is 5.76. The van der Waals surface area contributed by atoms with Crippen LogP contribution < -0.4 is 5.32 Å². The van der Waals surface area contributed by atoms with E-state index in [9.17, 15) is 27.9 Å². The molecule has 0 bridgehead atoms. The number of hydrogen-bond acceptors (Lipinski definition) is 2. The molecule has 1 heterocycles. The van der Waals surface area contributed by atoms with Gasteiger partial charge in [-0.25, -0.2) is 4.79 Å². The average molecular weight is 337 g/mol. The lowest BCUT2D eigenvalue weighted by Crippen LogP contribution is -2.40. The fourth-order valence-electron chi connectivity index (χ4n) is 2.27. The van der Waals surface area contributed by atoms with Gasteiger partial charge in [0.05, 0.1) is 23.2 Å². The van der Waals surface area contributed by atoms with E-state index in [1.54, 1.807) is 0 Å². The molecule has 1 saturated heterocycles. The van der Waals surface area contributed by atoms with Gasteiger partial charge in [0.2, 0.25) is 5.91 Å². The summed E-state index contributed by atoms with van der Waals surface area (Å²) in [6.45, 7) is -0.195. The molecular weight excluding hydrogens is 325 g/mol. The fraction of sp³-hybridized carbons (Fsp3) is 0.385. The number of nitrogens with zero attached hydrogens (tertiary/aromatic N) is 1. The van der Waals surface area contributed by atoms with E-state index < -0.39 is 28.9 Å². The van der Waals surface area contributed by atoms with Gasteiger partial charge in [0.15, 0.2) is 0 Å². The Morgan fingerprint density at radius 2 is 2.14 bits per heavy atom. The van der Waals surface area contributed by atoms with E-state index in [1.807, 2.05) is 0 Å². The minimum atomic E-state index is -4.62. The van der Waals surface area contributed by atoms with Crippen molar-refractivity contribution in [3.05, 3.63) is 34.3 Å². The highest BCUT2D eigenvalue weighted by atomic mass is 35.5. The van der Waals surface area contributed by atoms with Gasteiger partial charge in [0, 0.05) is 13.0 Å². The van der Waals surface area contributed by atoms with Gasteiger partial charge < -0.3 is 10.4 Å². The van der Waals surface area contributed by atoms with E-state index >= 15 is 0 Å². The Labute approximate surface area is 128 Å². The summed E-state index contributed by atoms with van der Waals surface area (Å²) in [5.74, 6) is -0.300. The van der Waals surface area contributed by atoms with E-state index in [0.29, 0.717) is 0 Å². The first kappa shape index (κ1) is 16.4. The third-order valence-electron chi connectivity index (χ3n) is 3.37. The summed E-state index contributed by atoms with van der Waals surface area (Å²) < 4.78 is 38.4. The molecule has 0 aliphatic carbocycles. The third kappa shape index (κ3) is 3.44. The molecule has 0 radical (unpaired) electrons. The van der Waals surface area contributed by atoms with Crippen molar-refractivity contribution in [3.63, 3.8) is 0 Å². The summed E-state index contributed by atoms with van der Waals surface area (Å²) in [6, 6.07) is 2.70. The second kappa shape index (κ2) is 6.04. The van der Waals surface area contributed by atoms with Gasteiger partial charge in [-0.15, -0.1) is 0 Å². The molecule has 1 aliphatic rings. The van der Waals surface area contributed by atoms with Crippen LogP contribution in [0.3, 0.4) is 0 Å². The van der Waals surface area contributed by atoms with Gasteiger partial charge >= 0.3 is 12.3 Å². The van der Waals surface area contributed by atoms with E-state index in [0.717, 1.165) is 11.0 Å². The van der Waals surface area contributed by atoms with Crippen molar-refractivity contribution in [2.24, 2.45) is 0 Å². The van der Waals surface area contributed by atoms with Crippen molar-refractivity contribution in [2.45, 2.75) is 25.2 Å². The lowest BCUT2D eigenvalue weighted by Gasteiger charge is -2.25. The molecule has 9 heteroatoms. The number of carbonyl (C=O) groups excluding carboxylic acids is 1. The second-order valence-electron chi connectivity index (χ2n) is 4.85. The zero-order valence-corrected chi connectivity index (χ0v) is 11.9. The summed E-state index contributed by atoms with van der Waals surface area (Å²) in [5, 5.41) is 11.2. The molecule has 2 amide bonds. The quantitative estimate of drug-likeness (QED) is 0.891. The van der Waals surface area contributed by atoms with Crippen LogP contribution in [0.5, 0.6) is 0 Å². The van der Waals surface area contributed by atoms with E-state index in [-0.39, 0.29) is 31.0 Å². The topological polar surface area (TPSA) is 69.6 Å². The molecule has 1 aliphatic heterocycles. The largest absolute Gasteiger partial charge is 0.465 e. The number of benzene rings is 1. The number of hydrogen-bond donors (Lipinski definition) is 2.